The molecular formula is C18H13Cl2NO3. The molecule has 2 aromatic rings. The number of nitrogens with zero attached hydrogens (tertiary/aromatic N) is 1. The Hall–Kier alpha value is -2.30. The molecule has 2 aromatic carbocycles. The predicted molar refractivity (Wildman–Crippen MR) is 94.7 cm³/mol. The van der Waals surface area contributed by atoms with E-state index in [-0.39, 0.29) is 5.70 Å². The zero-order valence-corrected chi connectivity index (χ0v) is 14.3. The van der Waals surface area contributed by atoms with Gasteiger partial charge in [-0.05, 0) is 41.5 Å². The van der Waals surface area contributed by atoms with Crippen LogP contribution in [0.1, 0.15) is 11.1 Å². The highest BCUT2D eigenvalue weighted by Gasteiger charge is 2.23. The molecule has 0 aliphatic carbocycles. The molecule has 0 aromatic heterocycles. The van der Waals surface area contributed by atoms with Crippen LogP contribution in [-0.2, 0) is 16.0 Å². The zero-order valence-electron chi connectivity index (χ0n) is 12.8. The first-order valence-electron chi connectivity index (χ1n) is 7.14. The molecule has 1 aliphatic rings. The van der Waals surface area contributed by atoms with Crippen molar-refractivity contribution >= 4 is 41.1 Å². The minimum atomic E-state index is -0.481. The Morgan fingerprint density at radius 1 is 1.17 bits per heavy atom. The minimum Gasteiger partial charge on any atom is -0.495 e. The van der Waals surface area contributed by atoms with Crippen LogP contribution in [0.15, 0.2) is 53.2 Å². The molecule has 0 fully saturated rings. The first kappa shape index (κ1) is 16.6. The molecule has 0 spiro atoms. The number of benzene rings is 2. The van der Waals surface area contributed by atoms with Gasteiger partial charge in [-0.3, -0.25) is 0 Å². The quantitative estimate of drug-likeness (QED) is 0.593. The first-order chi connectivity index (χ1) is 11.5. The summed E-state index contributed by atoms with van der Waals surface area (Å²) in [5.74, 6) is 0.443. The number of carbonyl (C=O) groups excluding carboxylic acids is 1. The van der Waals surface area contributed by atoms with Crippen molar-refractivity contribution in [1.82, 2.24) is 0 Å². The van der Waals surface area contributed by atoms with Crippen molar-refractivity contribution in [2.45, 2.75) is 6.42 Å². The molecule has 0 saturated heterocycles. The summed E-state index contributed by atoms with van der Waals surface area (Å²) in [5, 5.41) is 1.12. The fraction of sp³-hybridized carbons (Fsp3) is 0.111. The summed E-state index contributed by atoms with van der Waals surface area (Å²) < 4.78 is 10.3. The van der Waals surface area contributed by atoms with Gasteiger partial charge in [0.15, 0.2) is 5.70 Å². The minimum absolute atomic E-state index is 0.236. The molecule has 0 bridgehead atoms. The number of hydrogen-bond acceptors (Lipinski definition) is 4. The van der Waals surface area contributed by atoms with Gasteiger partial charge in [-0.15, -0.1) is 0 Å². The lowest BCUT2D eigenvalue weighted by atomic mass is 10.1. The van der Waals surface area contributed by atoms with Crippen LogP contribution in [0.2, 0.25) is 10.0 Å². The third kappa shape index (κ3) is 3.78. The smallest absolute Gasteiger partial charge is 0.363 e. The highest BCUT2D eigenvalue weighted by atomic mass is 35.5. The van der Waals surface area contributed by atoms with Crippen molar-refractivity contribution in [3.8, 4) is 5.75 Å². The Labute approximate surface area is 149 Å². The molecule has 4 nitrogen and oxygen atoms in total. The van der Waals surface area contributed by atoms with E-state index < -0.39 is 5.97 Å². The van der Waals surface area contributed by atoms with Crippen molar-refractivity contribution in [1.29, 1.82) is 0 Å². The second-order valence-corrected chi connectivity index (χ2v) is 5.97. The van der Waals surface area contributed by atoms with Crippen LogP contribution in [-0.4, -0.2) is 19.0 Å². The predicted octanol–water partition coefficient (Wildman–Crippen LogP) is 4.54. The van der Waals surface area contributed by atoms with E-state index in [9.17, 15) is 4.79 Å². The standard InChI is InChI=1S/C18H13Cl2NO3/c1-23-16-7-4-12(8-14(16)20)9-15-18(22)24-17(21-15)10-11-2-5-13(19)6-3-11/h2-9H,10H2,1H3/b15-9+. The molecule has 6 heteroatoms. The Balaban J connectivity index is 1.80. The normalized spacial score (nSPS) is 15.4. The number of esters is 1. The highest BCUT2D eigenvalue weighted by Crippen LogP contribution is 2.27. The lowest BCUT2D eigenvalue weighted by molar-refractivity contribution is -0.130. The van der Waals surface area contributed by atoms with Gasteiger partial charge < -0.3 is 9.47 Å². The largest absolute Gasteiger partial charge is 0.495 e. The van der Waals surface area contributed by atoms with Gasteiger partial charge >= 0.3 is 5.97 Å². The lowest BCUT2D eigenvalue weighted by Crippen LogP contribution is -2.06. The molecule has 3 rings (SSSR count). The van der Waals surface area contributed by atoms with Crippen LogP contribution in [0, 0.1) is 0 Å². The van der Waals surface area contributed by atoms with Crippen LogP contribution in [0.4, 0.5) is 0 Å². The Kier molecular flexibility index (Phi) is 4.88. The number of cyclic esters (lactones) is 1. The van der Waals surface area contributed by atoms with Crippen molar-refractivity contribution in [2.24, 2.45) is 4.99 Å². The van der Waals surface area contributed by atoms with E-state index in [0.29, 0.717) is 28.1 Å². The third-order valence-electron chi connectivity index (χ3n) is 3.41. The van der Waals surface area contributed by atoms with Gasteiger partial charge in [0, 0.05) is 11.4 Å². The van der Waals surface area contributed by atoms with Gasteiger partial charge in [-0.2, -0.15) is 0 Å². The summed E-state index contributed by atoms with van der Waals surface area (Å²) in [5.41, 5.74) is 1.93. The molecule has 1 aliphatic heterocycles. The average Bonchev–Trinajstić information content (AvgIpc) is 2.89. The maximum atomic E-state index is 12.0. The molecule has 0 amide bonds. The number of methoxy groups -OCH3 is 1. The average molecular weight is 362 g/mol. The number of hydrogen-bond donors (Lipinski definition) is 0. The molecule has 0 radical (unpaired) electrons. The Morgan fingerprint density at radius 3 is 2.58 bits per heavy atom. The molecular weight excluding hydrogens is 349 g/mol. The first-order valence-corrected chi connectivity index (χ1v) is 7.90. The van der Waals surface area contributed by atoms with Crippen molar-refractivity contribution in [3.05, 3.63) is 69.3 Å². The second-order valence-electron chi connectivity index (χ2n) is 5.12. The van der Waals surface area contributed by atoms with E-state index in [2.05, 4.69) is 4.99 Å². The summed E-state index contributed by atoms with van der Waals surface area (Å²) >= 11 is 11.9. The van der Waals surface area contributed by atoms with Gasteiger partial charge in [0.1, 0.15) is 5.75 Å². The topological polar surface area (TPSA) is 47.9 Å². The molecule has 0 N–H and O–H groups in total. The lowest BCUT2D eigenvalue weighted by Gasteiger charge is -2.03. The molecule has 0 unspecified atom stereocenters. The Morgan fingerprint density at radius 2 is 1.92 bits per heavy atom. The molecule has 122 valence electrons. The second kappa shape index (κ2) is 7.07. The molecule has 0 saturated carbocycles. The SMILES string of the molecule is COc1ccc(/C=C2/N=C(Cc3ccc(Cl)cc3)OC2=O)cc1Cl. The number of halogens is 2. The number of rotatable bonds is 4. The van der Waals surface area contributed by atoms with Crippen LogP contribution in [0.5, 0.6) is 5.75 Å². The molecule has 1 heterocycles. The monoisotopic (exact) mass is 361 g/mol. The maximum Gasteiger partial charge on any atom is 0.363 e. The van der Waals surface area contributed by atoms with E-state index in [1.807, 2.05) is 12.1 Å². The van der Waals surface area contributed by atoms with Crippen molar-refractivity contribution in [2.75, 3.05) is 7.11 Å². The van der Waals surface area contributed by atoms with E-state index in [1.165, 1.54) is 0 Å². The van der Waals surface area contributed by atoms with Gasteiger partial charge in [-0.1, -0.05) is 41.4 Å². The van der Waals surface area contributed by atoms with E-state index in [4.69, 9.17) is 32.7 Å². The molecule has 0 atom stereocenters. The van der Waals surface area contributed by atoms with Crippen molar-refractivity contribution in [3.63, 3.8) is 0 Å². The van der Waals surface area contributed by atoms with Crippen LogP contribution in [0.25, 0.3) is 6.08 Å². The highest BCUT2D eigenvalue weighted by molar-refractivity contribution is 6.32. The van der Waals surface area contributed by atoms with Gasteiger partial charge in [0.25, 0.3) is 0 Å². The summed E-state index contributed by atoms with van der Waals surface area (Å²) in [6, 6.07) is 12.5. The van der Waals surface area contributed by atoms with Crippen molar-refractivity contribution < 1.29 is 14.3 Å². The Bertz CT molecular complexity index is 842. The summed E-state index contributed by atoms with van der Waals surface area (Å²) in [6.45, 7) is 0. The van der Waals surface area contributed by atoms with E-state index in [1.54, 1.807) is 43.5 Å². The number of aliphatic imine (C=N–C) groups is 1. The summed E-state index contributed by atoms with van der Waals surface area (Å²) in [4.78, 5) is 16.2. The fourth-order valence-electron chi connectivity index (χ4n) is 2.24. The van der Waals surface area contributed by atoms with Crippen LogP contribution >= 0.6 is 23.2 Å². The van der Waals surface area contributed by atoms with Gasteiger partial charge in [0.2, 0.25) is 5.90 Å². The van der Waals surface area contributed by atoms with Gasteiger partial charge in [-0.25, -0.2) is 9.79 Å². The van der Waals surface area contributed by atoms with E-state index in [0.717, 1.165) is 11.1 Å². The van der Waals surface area contributed by atoms with Crippen LogP contribution < -0.4 is 4.74 Å². The zero-order chi connectivity index (χ0) is 17.1. The van der Waals surface area contributed by atoms with E-state index >= 15 is 0 Å². The van der Waals surface area contributed by atoms with Gasteiger partial charge in [0.05, 0.1) is 12.1 Å². The van der Waals surface area contributed by atoms with Crippen LogP contribution in [0.3, 0.4) is 0 Å². The summed E-state index contributed by atoms with van der Waals surface area (Å²) in [7, 11) is 1.54. The third-order valence-corrected chi connectivity index (χ3v) is 3.96. The maximum absolute atomic E-state index is 12.0. The number of carbonyl (C=O) groups is 1. The number of ether oxygens (including phenoxy) is 2. The fourth-order valence-corrected chi connectivity index (χ4v) is 2.63. The summed E-state index contributed by atoms with van der Waals surface area (Å²) in [6.07, 6.45) is 2.05. The molecule has 24 heavy (non-hydrogen) atoms.